The van der Waals surface area contributed by atoms with Crippen LogP contribution in [0, 0.1) is 6.92 Å². The molecule has 2 heterocycles. The molecule has 3 amide bonds. The van der Waals surface area contributed by atoms with E-state index in [2.05, 4.69) is 26.0 Å². The van der Waals surface area contributed by atoms with Crippen LogP contribution < -0.4 is 20.7 Å². The van der Waals surface area contributed by atoms with Crippen LogP contribution in [-0.4, -0.2) is 51.7 Å². The van der Waals surface area contributed by atoms with E-state index in [1.54, 1.807) is 56.0 Å². The van der Waals surface area contributed by atoms with Crippen molar-refractivity contribution in [1.29, 1.82) is 0 Å². The maximum Gasteiger partial charge on any atom is 0.313 e. The van der Waals surface area contributed by atoms with Gasteiger partial charge in [0.05, 0.1) is 24.4 Å². The Balaban J connectivity index is 1.58. The fourth-order valence-corrected chi connectivity index (χ4v) is 2.98. The van der Waals surface area contributed by atoms with Crippen LogP contribution in [0.4, 0.5) is 5.69 Å². The van der Waals surface area contributed by atoms with E-state index in [4.69, 9.17) is 9.15 Å². The fourth-order valence-electron chi connectivity index (χ4n) is 2.98. The smallest absolute Gasteiger partial charge is 0.313 e. The number of oxazole rings is 1. The molecule has 0 saturated carbocycles. The van der Waals surface area contributed by atoms with E-state index in [1.807, 2.05) is 6.92 Å². The predicted molar refractivity (Wildman–Crippen MR) is 120 cm³/mol. The molecule has 0 aliphatic rings. The molecule has 0 aliphatic carbocycles. The lowest BCUT2D eigenvalue weighted by molar-refractivity contribution is -0.137. The molecule has 0 fully saturated rings. The SMILES string of the molecule is COc1cc(NC(=O)C(=O)NC(C)(C)CNC(=O)c2cc(C)n(C)n2)ccc1-c1cnco1. The number of nitrogens with zero attached hydrogens (tertiary/aromatic N) is 3. The summed E-state index contributed by atoms with van der Waals surface area (Å²) in [6.45, 7) is 5.32. The highest BCUT2D eigenvalue weighted by Crippen LogP contribution is 2.32. The maximum absolute atomic E-state index is 12.4. The van der Waals surface area contributed by atoms with Crippen LogP contribution >= 0.6 is 0 Å². The zero-order chi connectivity index (χ0) is 24.2. The van der Waals surface area contributed by atoms with Gasteiger partial charge in [0.1, 0.15) is 11.4 Å². The molecule has 0 bridgehead atoms. The molecule has 0 atom stereocenters. The summed E-state index contributed by atoms with van der Waals surface area (Å²) in [5, 5.41) is 12.0. The maximum atomic E-state index is 12.4. The van der Waals surface area contributed by atoms with E-state index in [-0.39, 0.29) is 18.1 Å². The number of carbonyl (C=O) groups is 3. The summed E-state index contributed by atoms with van der Waals surface area (Å²) < 4.78 is 12.2. The summed E-state index contributed by atoms with van der Waals surface area (Å²) in [5.74, 6) is -1.13. The number of nitrogens with one attached hydrogen (secondary N) is 3. The monoisotopic (exact) mass is 454 g/mol. The third-order valence-corrected chi connectivity index (χ3v) is 4.85. The number of methoxy groups -OCH3 is 1. The molecule has 2 aromatic heterocycles. The van der Waals surface area contributed by atoms with Crippen LogP contribution in [0.3, 0.4) is 0 Å². The van der Waals surface area contributed by atoms with Gasteiger partial charge in [-0.25, -0.2) is 4.98 Å². The van der Waals surface area contributed by atoms with Crippen molar-refractivity contribution in [2.24, 2.45) is 7.05 Å². The minimum absolute atomic E-state index is 0.0974. The van der Waals surface area contributed by atoms with Crippen molar-refractivity contribution in [3.8, 4) is 17.1 Å². The summed E-state index contributed by atoms with van der Waals surface area (Å²) in [5.41, 5.74) is 1.25. The first kappa shape index (κ1) is 23.5. The average Bonchev–Trinajstić information content (AvgIpc) is 3.42. The van der Waals surface area contributed by atoms with E-state index in [9.17, 15) is 14.4 Å². The van der Waals surface area contributed by atoms with Crippen LogP contribution in [0.15, 0.2) is 41.3 Å². The predicted octanol–water partition coefficient (Wildman–Crippen LogP) is 1.66. The first-order chi connectivity index (χ1) is 15.6. The first-order valence-corrected chi connectivity index (χ1v) is 10.1. The molecule has 11 heteroatoms. The van der Waals surface area contributed by atoms with Gasteiger partial charge in [-0.05, 0) is 39.0 Å². The van der Waals surface area contributed by atoms with Gasteiger partial charge in [-0.3, -0.25) is 19.1 Å². The molecule has 0 aliphatic heterocycles. The molecule has 0 saturated heterocycles. The Hall–Kier alpha value is -4.15. The van der Waals surface area contributed by atoms with Crippen molar-refractivity contribution >= 4 is 23.4 Å². The van der Waals surface area contributed by atoms with E-state index in [0.29, 0.717) is 22.8 Å². The van der Waals surface area contributed by atoms with Gasteiger partial charge in [0.2, 0.25) is 0 Å². The highest BCUT2D eigenvalue weighted by molar-refractivity contribution is 6.39. The van der Waals surface area contributed by atoms with Gasteiger partial charge < -0.3 is 25.1 Å². The van der Waals surface area contributed by atoms with Gasteiger partial charge in [-0.15, -0.1) is 0 Å². The van der Waals surface area contributed by atoms with Crippen LogP contribution in [0.2, 0.25) is 0 Å². The minimum Gasteiger partial charge on any atom is -0.496 e. The average molecular weight is 454 g/mol. The Morgan fingerprint density at radius 3 is 2.55 bits per heavy atom. The van der Waals surface area contributed by atoms with Crippen molar-refractivity contribution in [2.45, 2.75) is 26.3 Å². The van der Waals surface area contributed by atoms with Crippen molar-refractivity contribution in [2.75, 3.05) is 19.0 Å². The van der Waals surface area contributed by atoms with Crippen molar-refractivity contribution in [3.05, 3.63) is 48.2 Å². The lowest BCUT2D eigenvalue weighted by atomic mass is 10.1. The van der Waals surface area contributed by atoms with Gasteiger partial charge >= 0.3 is 11.8 Å². The largest absolute Gasteiger partial charge is 0.496 e. The molecule has 0 spiro atoms. The third kappa shape index (κ3) is 5.76. The fraction of sp³-hybridized carbons (Fsp3) is 0.318. The highest BCUT2D eigenvalue weighted by atomic mass is 16.5. The quantitative estimate of drug-likeness (QED) is 0.461. The van der Waals surface area contributed by atoms with Gasteiger partial charge in [0.25, 0.3) is 5.91 Å². The number of hydrogen-bond acceptors (Lipinski definition) is 7. The number of carbonyl (C=O) groups excluding carboxylic acids is 3. The molecule has 3 N–H and O–H groups in total. The number of amides is 3. The zero-order valence-electron chi connectivity index (χ0n) is 19.1. The summed E-state index contributed by atoms with van der Waals surface area (Å²) in [7, 11) is 3.23. The summed E-state index contributed by atoms with van der Waals surface area (Å²) in [6.07, 6.45) is 2.84. The molecule has 3 rings (SSSR count). The van der Waals surface area contributed by atoms with Gasteiger partial charge in [-0.1, -0.05) is 0 Å². The van der Waals surface area contributed by atoms with E-state index >= 15 is 0 Å². The molecule has 3 aromatic rings. The van der Waals surface area contributed by atoms with Gasteiger partial charge in [-0.2, -0.15) is 5.10 Å². The van der Waals surface area contributed by atoms with Crippen LogP contribution in [0.25, 0.3) is 11.3 Å². The Morgan fingerprint density at radius 2 is 1.94 bits per heavy atom. The zero-order valence-corrected chi connectivity index (χ0v) is 19.1. The Labute approximate surface area is 190 Å². The van der Waals surface area contributed by atoms with Crippen LogP contribution in [0.5, 0.6) is 5.75 Å². The summed E-state index contributed by atoms with van der Waals surface area (Å²) in [6, 6.07) is 6.54. The second-order valence-corrected chi connectivity index (χ2v) is 8.05. The van der Waals surface area contributed by atoms with E-state index < -0.39 is 17.4 Å². The van der Waals surface area contributed by atoms with E-state index in [1.165, 1.54) is 13.5 Å². The number of ether oxygens (including phenoxy) is 1. The lowest BCUT2D eigenvalue weighted by Crippen LogP contribution is -2.54. The number of aromatic nitrogens is 3. The molecule has 11 nitrogen and oxygen atoms in total. The third-order valence-electron chi connectivity index (χ3n) is 4.85. The van der Waals surface area contributed by atoms with Gasteiger partial charge in [0, 0.05) is 31.0 Å². The summed E-state index contributed by atoms with van der Waals surface area (Å²) >= 11 is 0. The molecule has 0 unspecified atom stereocenters. The number of aryl methyl sites for hydroxylation is 2. The van der Waals surface area contributed by atoms with Crippen LogP contribution in [0.1, 0.15) is 30.0 Å². The van der Waals surface area contributed by atoms with Gasteiger partial charge in [0.15, 0.2) is 12.2 Å². The Morgan fingerprint density at radius 1 is 1.18 bits per heavy atom. The Bertz CT molecular complexity index is 1150. The molecule has 174 valence electrons. The summed E-state index contributed by atoms with van der Waals surface area (Å²) in [4.78, 5) is 41.0. The minimum atomic E-state index is -0.887. The second kappa shape index (κ2) is 9.55. The van der Waals surface area contributed by atoms with Crippen LogP contribution in [-0.2, 0) is 16.6 Å². The topological polar surface area (TPSA) is 140 Å². The number of anilines is 1. The number of benzene rings is 1. The number of hydrogen-bond donors (Lipinski definition) is 3. The van der Waals surface area contributed by atoms with Crippen molar-refractivity contribution in [3.63, 3.8) is 0 Å². The molecular formula is C22H26N6O5. The molecule has 33 heavy (non-hydrogen) atoms. The first-order valence-electron chi connectivity index (χ1n) is 10.1. The molecule has 0 radical (unpaired) electrons. The highest BCUT2D eigenvalue weighted by Gasteiger charge is 2.26. The Kier molecular flexibility index (Phi) is 6.80. The lowest BCUT2D eigenvalue weighted by Gasteiger charge is -2.26. The molecule has 1 aromatic carbocycles. The normalized spacial score (nSPS) is 11.1. The van der Waals surface area contributed by atoms with Crippen molar-refractivity contribution in [1.82, 2.24) is 25.4 Å². The molecular weight excluding hydrogens is 428 g/mol. The second-order valence-electron chi connectivity index (χ2n) is 8.05. The van der Waals surface area contributed by atoms with Crippen molar-refractivity contribution < 1.29 is 23.5 Å². The van der Waals surface area contributed by atoms with E-state index in [0.717, 1.165) is 5.69 Å². The standard InChI is InChI=1S/C22H26N6O5/c1-13-8-16(27-28(13)4)19(29)24-11-22(2,3)26-21(31)20(30)25-14-6-7-15(17(9-14)32-5)18-10-23-12-33-18/h6-10,12H,11H2,1-5H3,(H,24,29)(H,25,30)(H,26,31). The number of rotatable bonds is 7.